The largest absolute Gasteiger partial charge is 0.455 e. The Hall–Kier alpha value is -4.33. The summed E-state index contributed by atoms with van der Waals surface area (Å²) in [4.78, 5) is 23.3. The predicted molar refractivity (Wildman–Crippen MR) is 115 cm³/mol. The first kappa shape index (κ1) is 19.0. The number of nitro groups is 1. The van der Waals surface area contributed by atoms with E-state index in [-0.39, 0.29) is 5.69 Å². The summed E-state index contributed by atoms with van der Waals surface area (Å²) in [7, 11) is 0. The van der Waals surface area contributed by atoms with E-state index >= 15 is 0 Å². The van der Waals surface area contributed by atoms with Gasteiger partial charge in [-0.2, -0.15) is 0 Å². The van der Waals surface area contributed by atoms with Crippen molar-refractivity contribution in [3.05, 3.63) is 89.0 Å². The number of benzene rings is 2. The highest BCUT2D eigenvalue weighted by Crippen LogP contribution is 2.30. The van der Waals surface area contributed by atoms with Gasteiger partial charge in [-0.1, -0.05) is 6.58 Å². The first-order chi connectivity index (χ1) is 14.5. The van der Waals surface area contributed by atoms with E-state index in [0.29, 0.717) is 28.2 Å². The third-order valence-corrected chi connectivity index (χ3v) is 4.46. The third-order valence-electron chi connectivity index (χ3n) is 4.46. The normalized spacial score (nSPS) is 10.6. The van der Waals surface area contributed by atoms with Crippen LogP contribution in [0.2, 0.25) is 0 Å². The Morgan fingerprint density at radius 2 is 1.97 bits per heavy atom. The van der Waals surface area contributed by atoms with E-state index in [1.807, 2.05) is 37.3 Å². The minimum Gasteiger partial charge on any atom is -0.455 e. The van der Waals surface area contributed by atoms with Crippen LogP contribution in [-0.2, 0) is 0 Å². The molecular weight excluding hydrogens is 382 g/mol. The molecule has 2 aromatic heterocycles. The van der Waals surface area contributed by atoms with Gasteiger partial charge in [-0.25, -0.2) is 9.97 Å². The van der Waals surface area contributed by atoms with Gasteiger partial charge in [0.25, 0.3) is 5.69 Å². The Labute approximate surface area is 172 Å². The number of anilines is 2. The van der Waals surface area contributed by atoms with E-state index in [0.717, 1.165) is 16.9 Å². The molecule has 30 heavy (non-hydrogen) atoms. The number of ether oxygens (including phenoxy) is 1. The number of nitro benzene ring substituents is 1. The lowest BCUT2D eigenvalue weighted by Gasteiger charge is -2.12. The van der Waals surface area contributed by atoms with Crippen molar-refractivity contribution in [3.63, 3.8) is 0 Å². The van der Waals surface area contributed by atoms with Crippen LogP contribution < -0.4 is 10.1 Å². The van der Waals surface area contributed by atoms with Gasteiger partial charge >= 0.3 is 0 Å². The van der Waals surface area contributed by atoms with Crippen LogP contribution in [0.5, 0.6) is 11.5 Å². The van der Waals surface area contributed by atoms with Crippen molar-refractivity contribution in [1.29, 1.82) is 0 Å². The van der Waals surface area contributed by atoms with E-state index in [9.17, 15) is 10.1 Å². The van der Waals surface area contributed by atoms with Crippen molar-refractivity contribution in [1.82, 2.24) is 15.0 Å². The van der Waals surface area contributed by atoms with E-state index < -0.39 is 4.92 Å². The second-order valence-corrected chi connectivity index (χ2v) is 6.51. The number of nitrogens with one attached hydrogen (secondary N) is 1. The van der Waals surface area contributed by atoms with Crippen LogP contribution >= 0.6 is 0 Å². The summed E-state index contributed by atoms with van der Waals surface area (Å²) < 4.78 is 5.90. The molecule has 8 heteroatoms. The number of pyridine rings is 1. The molecule has 0 aliphatic rings. The molecule has 0 fully saturated rings. The van der Waals surface area contributed by atoms with Crippen molar-refractivity contribution in [2.75, 3.05) is 5.32 Å². The maximum Gasteiger partial charge on any atom is 0.270 e. The van der Waals surface area contributed by atoms with Crippen molar-refractivity contribution in [2.24, 2.45) is 0 Å². The molecule has 1 N–H and O–H groups in total. The van der Waals surface area contributed by atoms with Crippen LogP contribution in [0.4, 0.5) is 17.2 Å². The topological polar surface area (TPSA) is 103 Å². The van der Waals surface area contributed by atoms with Gasteiger partial charge in [-0.15, -0.1) is 0 Å². The number of non-ortho nitro benzene ring substituents is 1. The fourth-order valence-electron chi connectivity index (χ4n) is 2.94. The van der Waals surface area contributed by atoms with Crippen molar-refractivity contribution in [3.8, 4) is 11.5 Å². The van der Waals surface area contributed by atoms with Gasteiger partial charge in [0, 0.05) is 23.2 Å². The van der Waals surface area contributed by atoms with Crippen molar-refractivity contribution < 1.29 is 9.66 Å². The lowest BCUT2D eigenvalue weighted by atomic mass is 10.1. The minimum absolute atomic E-state index is 0.0173. The number of hydrogen-bond donors (Lipinski definition) is 1. The fourth-order valence-corrected chi connectivity index (χ4v) is 2.94. The highest BCUT2D eigenvalue weighted by Gasteiger charge is 2.11. The molecule has 0 saturated carbocycles. The van der Waals surface area contributed by atoms with E-state index in [1.165, 1.54) is 18.5 Å². The van der Waals surface area contributed by atoms with Crippen LogP contribution in [0.15, 0.2) is 67.6 Å². The summed E-state index contributed by atoms with van der Waals surface area (Å²) in [5.41, 5.74) is 3.04. The SMILES string of the molecule is C=Cc1ccc(Oc2ccc(Nc3ncnc4ccc([N+](=O)[O-])cc34)cc2C)cn1. The van der Waals surface area contributed by atoms with Crippen LogP contribution in [0.3, 0.4) is 0 Å². The van der Waals surface area contributed by atoms with Crippen molar-refractivity contribution >= 4 is 34.2 Å². The average Bonchev–Trinajstić information content (AvgIpc) is 2.76. The Balaban J connectivity index is 1.59. The summed E-state index contributed by atoms with van der Waals surface area (Å²) in [5.74, 6) is 1.80. The number of aryl methyl sites for hydroxylation is 1. The second kappa shape index (κ2) is 7.96. The predicted octanol–water partition coefficient (Wildman–Crippen LogP) is 5.42. The van der Waals surface area contributed by atoms with Gasteiger partial charge in [0.1, 0.15) is 23.6 Å². The Morgan fingerprint density at radius 3 is 2.67 bits per heavy atom. The summed E-state index contributed by atoms with van der Waals surface area (Å²) >= 11 is 0. The number of hydrogen-bond acceptors (Lipinski definition) is 7. The Bertz CT molecular complexity index is 1260. The first-order valence-corrected chi connectivity index (χ1v) is 9.06. The molecule has 0 atom stereocenters. The molecule has 2 heterocycles. The zero-order chi connectivity index (χ0) is 21.1. The Morgan fingerprint density at radius 1 is 1.10 bits per heavy atom. The summed E-state index contributed by atoms with van der Waals surface area (Å²) in [6.07, 6.45) is 4.73. The van der Waals surface area contributed by atoms with Gasteiger partial charge in [0.2, 0.25) is 0 Å². The van der Waals surface area contributed by atoms with Gasteiger partial charge in [-0.05, 0) is 55.0 Å². The molecule has 4 rings (SSSR count). The molecule has 0 radical (unpaired) electrons. The first-order valence-electron chi connectivity index (χ1n) is 9.06. The number of aromatic nitrogens is 3. The standard InChI is InChI=1S/C22H17N5O3/c1-3-15-4-7-18(12-23-15)30-21-9-5-16(10-14(21)2)26-22-19-11-17(27(28)29)6-8-20(19)24-13-25-22/h3-13H,1H2,2H3,(H,24,25,26). The van der Waals surface area contributed by atoms with Gasteiger partial charge in [-0.3, -0.25) is 15.1 Å². The van der Waals surface area contributed by atoms with Crippen LogP contribution in [0, 0.1) is 17.0 Å². The summed E-state index contributed by atoms with van der Waals surface area (Å²) in [6.45, 7) is 5.61. The molecular formula is C22H17N5O3. The summed E-state index contributed by atoms with van der Waals surface area (Å²) in [6, 6.07) is 13.7. The molecule has 0 aliphatic carbocycles. The molecule has 148 valence electrons. The van der Waals surface area contributed by atoms with E-state index in [2.05, 4.69) is 26.8 Å². The maximum absolute atomic E-state index is 11.1. The zero-order valence-electron chi connectivity index (χ0n) is 16.1. The lowest BCUT2D eigenvalue weighted by Crippen LogP contribution is -1.98. The maximum atomic E-state index is 11.1. The minimum atomic E-state index is -0.442. The second-order valence-electron chi connectivity index (χ2n) is 6.51. The van der Waals surface area contributed by atoms with Gasteiger partial charge in [0.15, 0.2) is 0 Å². The lowest BCUT2D eigenvalue weighted by molar-refractivity contribution is -0.384. The molecule has 0 unspecified atom stereocenters. The van der Waals surface area contributed by atoms with Gasteiger partial charge < -0.3 is 10.1 Å². The molecule has 0 amide bonds. The smallest absolute Gasteiger partial charge is 0.270 e. The third kappa shape index (κ3) is 3.93. The van der Waals surface area contributed by atoms with E-state index in [1.54, 1.807) is 18.3 Å². The monoisotopic (exact) mass is 399 g/mol. The zero-order valence-corrected chi connectivity index (χ0v) is 16.1. The molecule has 0 aliphatic heterocycles. The molecule has 0 bridgehead atoms. The number of fused-ring (bicyclic) bond motifs is 1. The quantitative estimate of drug-likeness (QED) is 0.341. The van der Waals surface area contributed by atoms with Crippen molar-refractivity contribution in [2.45, 2.75) is 6.92 Å². The number of rotatable bonds is 6. The highest BCUT2D eigenvalue weighted by atomic mass is 16.6. The molecule has 0 spiro atoms. The highest BCUT2D eigenvalue weighted by molar-refractivity contribution is 5.92. The summed E-state index contributed by atoms with van der Waals surface area (Å²) in [5, 5.41) is 14.9. The fraction of sp³-hybridized carbons (Fsp3) is 0.0455. The van der Waals surface area contributed by atoms with Gasteiger partial charge in [0.05, 0.1) is 22.3 Å². The van der Waals surface area contributed by atoms with Crippen LogP contribution in [-0.4, -0.2) is 19.9 Å². The number of nitrogens with zero attached hydrogens (tertiary/aromatic N) is 4. The molecule has 8 nitrogen and oxygen atoms in total. The molecule has 0 saturated heterocycles. The average molecular weight is 399 g/mol. The van der Waals surface area contributed by atoms with Crippen LogP contribution in [0.1, 0.15) is 11.3 Å². The molecule has 2 aromatic carbocycles. The Kier molecular flexibility index (Phi) is 5.04. The van der Waals surface area contributed by atoms with E-state index in [4.69, 9.17) is 4.74 Å². The molecule has 4 aromatic rings. The van der Waals surface area contributed by atoms with Crippen LogP contribution in [0.25, 0.3) is 17.0 Å².